The molecule has 0 saturated carbocycles. The second-order valence-corrected chi connectivity index (χ2v) is 5.65. The summed E-state index contributed by atoms with van der Waals surface area (Å²) in [6.07, 6.45) is -0.168. The minimum absolute atomic E-state index is 0.220. The Morgan fingerprint density at radius 2 is 2.10 bits per heavy atom. The fraction of sp³-hybridized carbons (Fsp3) is 0.636. The quantitative estimate of drug-likeness (QED) is 0.693. The number of ether oxygens (including phenoxy) is 2. The lowest BCUT2D eigenvalue weighted by atomic mass is 10.3. The summed E-state index contributed by atoms with van der Waals surface area (Å²) < 4.78 is 33.3. The fourth-order valence-corrected chi connectivity index (χ4v) is 2.54. The highest BCUT2D eigenvalue weighted by Crippen LogP contribution is 2.18. The van der Waals surface area contributed by atoms with Crippen LogP contribution in [0.5, 0.6) is 0 Å². The number of nitrogens with zero attached hydrogens (tertiary/aromatic N) is 1. The van der Waals surface area contributed by atoms with E-state index >= 15 is 0 Å². The van der Waals surface area contributed by atoms with Crippen molar-refractivity contribution in [2.45, 2.75) is 38.2 Å². The Balaban J connectivity index is 2.97. The number of aromatic amines is 1. The molecule has 20 heavy (non-hydrogen) atoms. The monoisotopic (exact) mass is 305 g/mol. The van der Waals surface area contributed by atoms with Crippen molar-refractivity contribution in [1.29, 1.82) is 0 Å². The average Bonchev–Trinajstić information content (AvgIpc) is 2.80. The van der Waals surface area contributed by atoms with E-state index in [4.69, 9.17) is 14.6 Å². The highest BCUT2D eigenvalue weighted by Gasteiger charge is 2.28. The Kier molecular flexibility index (Phi) is 5.66. The maximum absolute atomic E-state index is 11.9. The van der Waals surface area contributed by atoms with Gasteiger partial charge in [-0.2, -0.15) is 5.10 Å². The zero-order valence-corrected chi connectivity index (χ0v) is 12.5. The van der Waals surface area contributed by atoms with Crippen molar-refractivity contribution >= 4 is 16.0 Å². The number of nitrogens with two attached hydrogens (primary N) is 1. The fourth-order valence-electron chi connectivity index (χ4n) is 1.61. The van der Waals surface area contributed by atoms with Gasteiger partial charge in [-0.25, -0.2) is 18.4 Å². The van der Waals surface area contributed by atoms with Gasteiger partial charge in [0.2, 0.25) is 10.0 Å². The summed E-state index contributed by atoms with van der Waals surface area (Å²) in [7, 11) is -4.06. The van der Waals surface area contributed by atoms with Crippen molar-refractivity contribution in [2.75, 3.05) is 13.2 Å². The summed E-state index contributed by atoms with van der Waals surface area (Å²) in [6, 6.07) is 0. The number of carbonyl (C=O) groups excluding carboxylic acids is 1. The molecule has 114 valence electrons. The lowest BCUT2D eigenvalue weighted by Crippen LogP contribution is -2.23. The lowest BCUT2D eigenvalue weighted by Gasteiger charge is -2.12. The molecule has 1 aromatic rings. The second-order valence-electron chi connectivity index (χ2n) is 4.15. The molecule has 9 heteroatoms. The molecule has 0 spiro atoms. The van der Waals surface area contributed by atoms with Crippen LogP contribution in [0.4, 0.5) is 0 Å². The number of aryl methyl sites for hydroxylation is 1. The molecule has 0 aromatic carbocycles. The van der Waals surface area contributed by atoms with E-state index in [1.807, 2.05) is 6.92 Å². The number of primary sulfonamides is 1. The molecule has 3 N–H and O–H groups in total. The van der Waals surface area contributed by atoms with Gasteiger partial charge in [0.1, 0.15) is 11.0 Å². The Hall–Kier alpha value is -1.45. The molecule has 8 nitrogen and oxygen atoms in total. The zero-order chi connectivity index (χ0) is 15.3. The number of nitrogens with one attached hydrogen (secondary N) is 1. The third-order valence-electron chi connectivity index (χ3n) is 2.49. The van der Waals surface area contributed by atoms with E-state index in [2.05, 4.69) is 10.2 Å². The maximum Gasteiger partial charge on any atom is 0.360 e. The number of rotatable bonds is 7. The smallest absolute Gasteiger partial charge is 0.360 e. The molecule has 0 aliphatic rings. The summed E-state index contributed by atoms with van der Waals surface area (Å²) in [5.41, 5.74) is -0.0513. The molecule has 0 aliphatic carbocycles. The Morgan fingerprint density at radius 1 is 1.45 bits per heavy atom. The predicted molar refractivity (Wildman–Crippen MR) is 70.7 cm³/mol. The first kappa shape index (κ1) is 16.6. The van der Waals surface area contributed by atoms with E-state index in [0.29, 0.717) is 13.0 Å². The highest BCUT2D eigenvalue weighted by molar-refractivity contribution is 7.89. The molecular weight excluding hydrogens is 286 g/mol. The van der Waals surface area contributed by atoms with E-state index in [1.54, 1.807) is 13.8 Å². The minimum atomic E-state index is -4.06. The average molecular weight is 305 g/mol. The Labute approximate surface area is 117 Å². The molecule has 1 heterocycles. The maximum atomic E-state index is 11.9. The van der Waals surface area contributed by atoms with Gasteiger partial charge in [0.05, 0.1) is 12.3 Å². The van der Waals surface area contributed by atoms with Gasteiger partial charge in [0, 0.05) is 6.61 Å². The van der Waals surface area contributed by atoms with Crippen LogP contribution in [0, 0.1) is 0 Å². The van der Waals surface area contributed by atoms with Crippen molar-refractivity contribution in [1.82, 2.24) is 10.2 Å². The summed E-state index contributed by atoms with van der Waals surface area (Å²) >= 11 is 0. The molecular formula is C11H19N3O5S. The van der Waals surface area contributed by atoms with Gasteiger partial charge in [-0.3, -0.25) is 5.10 Å². The Morgan fingerprint density at radius 3 is 2.60 bits per heavy atom. The van der Waals surface area contributed by atoms with Gasteiger partial charge in [-0.05, 0) is 20.3 Å². The summed E-state index contributed by atoms with van der Waals surface area (Å²) in [6.45, 7) is 5.88. The number of esters is 1. The largest absolute Gasteiger partial charge is 0.455 e. The highest BCUT2D eigenvalue weighted by atomic mass is 32.2. The van der Waals surface area contributed by atoms with Gasteiger partial charge in [-0.1, -0.05) is 6.92 Å². The third kappa shape index (κ3) is 4.02. The van der Waals surface area contributed by atoms with E-state index in [1.165, 1.54) is 0 Å². The van der Waals surface area contributed by atoms with Crippen LogP contribution >= 0.6 is 0 Å². The zero-order valence-electron chi connectivity index (χ0n) is 11.7. The number of aromatic nitrogens is 2. The molecule has 0 amide bonds. The van der Waals surface area contributed by atoms with Gasteiger partial charge < -0.3 is 9.47 Å². The predicted octanol–water partition coefficient (Wildman–Crippen LogP) is 0.201. The van der Waals surface area contributed by atoms with Crippen molar-refractivity contribution < 1.29 is 22.7 Å². The van der Waals surface area contributed by atoms with Crippen LogP contribution in [0.15, 0.2) is 4.90 Å². The summed E-state index contributed by atoms with van der Waals surface area (Å²) in [5.74, 6) is -0.850. The third-order valence-corrected chi connectivity index (χ3v) is 3.50. The van der Waals surface area contributed by atoms with Crippen LogP contribution in [0.1, 0.15) is 37.0 Å². The van der Waals surface area contributed by atoms with Crippen molar-refractivity contribution in [3.05, 3.63) is 11.4 Å². The van der Waals surface area contributed by atoms with Crippen LogP contribution < -0.4 is 5.14 Å². The number of H-pyrrole nitrogens is 1. The topological polar surface area (TPSA) is 124 Å². The van der Waals surface area contributed by atoms with Gasteiger partial charge in [-0.15, -0.1) is 0 Å². The summed E-state index contributed by atoms with van der Waals surface area (Å²) in [5, 5.41) is 11.3. The van der Waals surface area contributed by atoms with Crippen LogP contribution in [0.25, 0.3) is 0 Å². The van der Waals surface area contributed by atoms with E-state index in [9.17, 15) is 13.2 Å². The number of hydrogen-bond acceptors (Lipinski definition) is 6. The van der Waals surface area contributed by atoms with Crippen molar-refractivity contribution in [2.24, 2.45) is 5.14 Å². The first-order valence-electron chi connectivity index (χ1n) is 6.20. The van der Waals surface area contributed by atoms with E-state index in [0.717, 1.165) is 0 Å². The normalized spacial score (nSPS) is 13.2. The van der Waals surface area contributed by atoms with Crippen molar-refractivity contribution in [3.63, 3.8) is 0 Å². The number of sulfonamides is 1. The first-order valence-corrected chi connectivity index (χ1v) is 7.74. The molecule has 0 saturated heterocycles. The molecule has 0 radical (unpaired) electrons. The first-order chi connectivity index (χ1) is 9.31. The van der Waals surface area contributed by atoms with Crippen LogP contribution in [0.2, 0.25) is 0 Å². The molecule has 1 atom stereocenters. The Bertz CT molecular complexity index is 567. The standard InChI is InChI=1S/C11H19N3O5S/c1-4-8-10(20(12,16)17)9(14-13-8)11(15)19-7(3)6-18-5-2/h7H,4-6H2,1-3H3,(H,13,14)(H2,12,16,17). The number of carbonyl (C=O) groups is 1. The molecule has 1 rings (SSSR count). The molecule has 0 aliphatic heterocycles. The molecule has 0 bridgehead atoms. The number of hydrogen-bond donors (Lipinski definition) is 2. The van der Waals surface area contributed by atoms with Crippen molar-refractivity contribution in [3.8, 4) is 0 Å². The van der Waals surface area contributed by atoms with Gasteiger partial charge in [0.25, 0.3) is 0 Å². The van der Waals surface area contributed by atoms with Crippen LogP contribution in [-0.2, 0) is 25.9 Å². The molecule has 1 unspecified atom stereocenters. The van der Waals surface area contributed by atoms with Crippen LogP contribution in [0.3, 0.4) is 0 Å². The van der Waals surface area contributed by atoms with Gasteiger partial charge in [0.15, 0.2) is 5.69 Å². The van der Waals surface area contributed by atoms with Gasteiger partial charge >= 0.3 is 5.97 Å². The van der Waals surface area contributed by atoms with E-state index in [-0.39, 0.29) is 22.9 Å². The van der Waals surface area contributed by atoms with Crippen LogP contribution in [-0.4, -0.2) is 43.9 Å². The SMILES string of the molecule is CCOCC(C)OC(=O)c1n[nH]c(CC)c1S(N)(=O)=O. The minimum Gasteiger partial charge on any atom is -0.455 e. The molecule has 0 fully saturated rings. The lowest BCUT2D eigenvalue weighted by molar-refractivity contribution is 0.00352. The summed E-state index contributed by atoms with van der Waals surface area (Å²) in [4.78, 5) is 11.6. The second kappa shape index (κ2) is 6.82. The van der Waals surface area contributed by atoms with E-state index < -0.39 is 22.1 Å². The molecule has 1 aromatic heterocycles.